The smallest absolute Gasteiger partial charge is 0.241 e. The molecule has 170 valence electrons. The van der Waals surface area contributed by atoms with Crippen LogP contribution in [-0.2, 0) is 4.79 Å². The van der Waals surface area contributed by atoms with Crippen molar-refractivity contribution in [1.82, 2.24) is 14.8 Å². The van der Waals surface area contributed by atoms with Gasteiger partial charge in [-0.2, -0.15) is 4.98 Å². The number of ketones is 1. The van der Waals surface area contributed by atoms with E-state index in [1.807, 2.05) is 24.3 Å². The molecule has 0 fully saturated rings. The number of benzene rings is 2. The minimum atomic E-state index is -0.578. The van der Waals surface area contributed by atoms with Crippen LogP contribution in [0, 0.1) is 0 Å². The highest BCUT2D eigenvalue weighted by Crippen LogP contribution is 2.47. The van der Waals surface area contributed by atoms with Crippen LogP contribution in [0.15, 0.2) is 47.7 Å². The van der Waals surface area contributed by atoms with E-state index in [4.69, 9.17) is 38.4 Å². The molecular formula is C23H21Cl2N5O3. The highest BCUT2D eigenvalue weighted by atomic mass is 35.5. The van der Waals surface area contributed by atoms with Gasteiger partial charge in [0.05, 0.1) is 24.3 Å². The number of halogens is 2. The Balaban J connectivity index is 1.60. The quantitative estimate of drug-likeness (QED) is 0.556. The summed E-state index contributed by atoms with van der Waals surface area (Å²) in [5.41, 5.74) is 8.91. The van der Waals surface area contributed by atoms with Crippen LogP contribution in [0.1, 0.15) is 35.9 Å². The monoisotopic (exact) mass is 485 g/mol. The number of carbonyl (C=O) groups is 1. The summed E-state index contributed by atoms with van der Waals surface area (Å²) >= 11 is 12.9. The summed E-state index contributed by atoms with van der Waals surface area (Å²) in [6.07, 6.45) is 0.919. The van der Waals surface area contributed by atoms with Crippen LogP contribution in [0.25, 0.3) is 0 Å². The van der Waals surface area contributed by atoms with E-state index >= 15 is 0 Å². The molecule has 2 aromatic carbocycles. The van der Waals surface area contributed by atoms with E-state index in [-0.39, 0.29) is 17.6 Å². The molecule has 3 aromatic rings. The highest BCUT2D eigenvalue weighted by Gasteiger charge is 2.40. The number of aromatic nitrogens is 3. The molecule has 10 heteroatoms. The fraction of sp³-hybridized carbons (Fsp3) is 0.261. The van der Waals surface area contributed by atoms with Crippen LogP contribution in [0.2, 0.25) is 10.0 Å². The zero-order chi connectivity index (χ0) is 23.3. The van der Waals surface area contributed by atoms with Gasteiger partial charge < -0.3 is 20.5 Å². The lowest BCUT2D eigenvalue weighted by atomic mass is 9.78. The van der Waals surface area contributed by atoms with Crippen molar-refractivity contribution >= 4 is 40.9 Å². The molecule has 1 aliphatic carbocycles. The predicted molar refractivity (Wildman–Crippen MR) is 126 cm³/mol. The number of fused-ring (bicyclic) bond motifs is 1. The summed E-state index contributed by atoms with van der Waals surface area (Å²) in [5, 5.41) is 8.36. The van der Waals surface area contributed by atoms with Crippen molar-refractivity contribution in [1.29, 1.82) is 0 Å². The van der Waals surface area contributed by atoms with Crippen LogP contribution in [0.3, 0.4) is 0 Å². The van der Waals surface area contributed by atoms with Crippen LogP contribution in [0.4, 0.5) is 11.9 Å². The Morgan fingerprint density at radius 3 is 2.67 bits per heavy atom. The second-order valence-electron chi connectivity index (χ2n) is 7.94. The molecule has 33 heavy (non-hydrogen) atoms. The van der Waals surface area contributed by atoms with E-state index in [1.165, 1.54) is 0 Å². The van der Waals surface area contributed by atoms with Crippen molar-refractivity contribution in [3.8, 4) is 11.5 Å². The number of nitrogens with one attached hydrogen (secondary N) is 1. The second kappa shape index (κ2) is 8.28. The van der Waals surface area contributed by atoms with Crippen LogP contribution in [0.5, 0.6) is 11.5 Å². The molecule has 2 heterocycles. The van der Waals surface area contributed by atoms with Gasteiger partial charge in [0.2, 0.25) is 11.9 Å². The van der Waals surface area contributed by atoms with Crippen molar-refractivity contribution in [2.24, 2.45) is 0 Å². The van der Waals surface area contributed by atoms with Gasteiger partial charge in [-0.1, -0.05) is 41.4 Å². The summed E-state index contributed by atoms with van der Waals surface area (Å²) in [5.74, 6) is 1.75. The third-order valence-corrected chi connectivity index (χ3v) is 6.92. The third kappa shape index (κ3) is 3.59. The van der Waals surface area contributed by atoms with Crippen LogP contribution < -0.4 is 20.5 Å². The number of nitrogens with zero attached hydrogens (tertiary/aromatic N) is 3. The number of allylic oxidation sites excluding steroid dienone is 2. The van der Waals surface area contributed by atoms with E-state index in [1.54, 1.807) is 31.0 Å². The van der Waals surface area contributed by atoms with E-state index in [0.717, 1.165) is 11.3 Å². The first-order valence-electron chi connectivity index (χ1n) is 10.3. The molecular weight excluding hydrogens is 465 g/mol. The molecule has 5 rings (SSSR count). The summed E-state index contributed by atoms with van der Waals surface area (Å²) in [4.78, 5) is 17.9. The first-order valence-corrected chi connectivity index (χ1v) is 11.1. The molecule has 0 radical (unpaired) electrons. The molecule has 3 N–H and O–H groups in total. The van der Waals surface area contributed by atoms with Crippen molar-refractivity contribution in [2.75, 3.05) is 25.3 Å². The van der Waals surface area contributed by atoms with E-state index in [2.05, 4.69) is 15.4 Å². The number of carbonyl (C=O) groups excluding carboxylic acids is 1. The summed E-state index contributed by atoms with van der Waals surface area (Å²) in [6, 6.07) is 10.5. The first kappa shape index (κ1) is 21.6. The molecule has 0 bridgehead atoms. The molecule has 2 aliphatic rings. The Hall–Kier alpha value is -3.23. The fourth-order valence-corrected chi connectivity index (χ4v) is 5.00. The Morgan fingerprint density at radius 2 is 1.91 bits per heavy atom. The maximum absolute atomic E-state index is 13.6. The number of nitrogen functional groups attached to an aromatic ring is 1. The standard InChI is InChI=1S/C23H21Cl2N5O3/c1-32-17-7-6-11(10-18(17)33-2)12-8-15-19(16(31)9-12)21(13-4-3-5-14(24)20(13)25)30-23(27-15)28-22(26)29-30/h3-7,10,12,21H,8-9H2,1-2H3,(H3,26,27,28,29)/t12-,21-/m0/s1. The zero-order valence-electron chi connectivity index (χ0n) is 17.9. The molecule has 0 saturated heterocycles. The van der Waals surface area contributed by atoms with Gasteiger partial charge in [0, 0.05) is 23.3 Å². The van der Waals surface area contributed by atoms with Gasteiger partial charge in [-0.25, -0.2) is 4.68 Å². The maximum atomic E-state index is 13.6. The van der Waals surface area contributed by atoms with Crippen LogP contribution in [-0.4, -0.2) is 34.8 Å². The minimum absolute atomic E-state index is 0.00991. The van der Waals surface area contributed by atoms with E-state index in [0.29, 0.717) is 51.5 Å². The van der Waals surface area contributed by atoms with Gasteiger partial charge >= 0.3 is 0 Å². The first-order chi connectivity index (χ1) is 15.9. The SMILES string of the molecule is COc1ccc([C@@H]2CC(=O)C3=C(C2)Nc2nc(N)nn2[C@H]3c2cccc(Cl)c2Cl)cc1OC. The van der Waals surface area contributed by atoms with Gasteiger partial charge in [0.1, 0.15) is 6.04 Å². The van der Waals surface area contributed by atoms with Gasteiger partial charge in [-0.15, -0.1) is 5.10 Å². The lowest BCUT2D eigenvalue weighted by molar-refractivity contribution is -0.116. The molecule has 0 unspecified atom stereocenters. The fourth-order valence-electron chi connectivity index (χ4n) is 4.59. The Morgan fingerprint density at radius 1 is 1.12 bits per heavy atom. The average molecular weight is 486 g/mol. The molecule has 0 amide bonds. The van der Waals surface area contributed by atoms with Gasteiger partial charge in [0.15, 0.2) is 17.3 Å². The number of hydrogen-bond donors (Lipinski definition) is 2. The van der Waals surface area contributed by atoms with Gasteiger partial charge in [-0.3, -0.25) is 4.79 Å². The molecule has 1 aromatic heterocycles. The normalized spacial score (nSPS) is 19.6. The zero-order valence-corrected chi connectivity index (χ0v) is 19.4. The number of anilines is 2. The second-order valence-corrected chi connectivity index (χ2v) is 8.73. The Bertz CT molecular complexity index is 1300. The minimum Gasteiger partial charge on any atom is -0.493 e. The predicted octanol–water partition coefficient (Wildman–Crippen LogP) is 4.60. The number of hydrogen-bond acceptors (Lipinski definition) is 7. The summed E-state index contributed by atoms with van der Waals surface area (Å²) in [7, 11) is 3.18. The third-order valence-electron chi connectivity index (χ3n) is 6.09. The summed E-state index contributed by atoms with van der Waals surface area (Å²) in [6.45, 7) is 0. The lowest BCUT2D eigenvalue weighted by Crippen LogP contribution is -2.33. The average Bonchev–Trinajstić information content (AvgIpc) is 3.18. The maximum Gasteiger partial charge on any atom is 0.241 e. The van der Waals surface area contributed by atoms with Gasteiger partial charge in [0.25, 0.3) is 0 Å². The van der Waals surface area contributed by atoms with Crippen molar-refractivity contribution in [2.45, 2.75) is 24.8 Å². The van der Waals surface area contributed by atoms with E-state index < -0.39 is 6.04 Å². The van der Waals surface area contributed by atoms with E-state index in [9.17, 15) is 4.79 Å². The topological polar surface area (TPSA) is 104 Å². The van der Waals surface area contributed by atoms with Crippen molar-refractivity contribution < 1.29 is 14.3 Å². The Kier molecular flexibility index (Phi) is 5.42. The number of rotatable bonds is 4. The number of nitrogens with two attached hydrogens (primary N) is 1. The van der Waals surface area contributed by atoms with Crippen molar-refractivity contribution in [3.05, 3.63) is 68.8 Å². The van der Waals surface area contributed by atoms with Gasteiger partial charge in [-0.05, 0) is 36.1 Å². The molecule has 2 atom stereocenters. The number of methoxy groups -OCH3 is 2. The molecule has 1 aliphatic heterocycles. The Labute approximate surface area is 200 Å². The number of ether oxygens (including phenoxy) is 2. The molecule has 0 saturated carbocycles. The summed E-state index contributed by atoms with van der Waals surface area (Å²) < 4.78 is 12.4. The lowest BCUT2D eigenvalue weighted by Gasteiger charge is -2.35. The molecule has 8 nitrogen and oxygen atoms in total. The highest BCUT2D eigenvalue weighted by molar-refractivity contribution is 6.42. The largest absolute Gasteiger partial charge is 0.493 e. The van der Waals surface area contributed by atoms with Crippen LogP contribution >= 0.6 is 23.2 Å². The molecule has 0 spiro atoms. The number of Topliss-reactive ketones (excluding diaryl/α,β-unsaturated/α-hetero) is 1. The van der Waals surface area contributed by atoms with Crippen molar-refractivity contribution in [3.63, 3.8) is 0 Å².